The van der Waals surface area contributed by atoms with E-state index in [0.29, 0.717) is 12.6 Å². The molecule has 0 aliphatic carbocycles. The summed E-state index contributed by atoms with van der Waals surface area (Å²) in [6.45, 7) is 5.67. The van der Waals surface area contributed by atoms with Gasteiger partial charge in [-0.2, -0.15) is 0 Å². The molecule has 20 heavy (non-hydrogen) atoms. The van der Waals surface area contributed by atoms with Crippen molar-refractivity contribution in [3.63, 3.8) is 0 Å². The van der Waals surface area contributed by atoms with Crippen molar-refractivity contribution in [3.8, 4) is 0 Å². The summed E-state index contributed by atoms with van der Waals surface area (Å²) < 4.78 is 7.45. The molecule has 0 saturated heterocycles. The van der Waals surface area contributed by atoms with E-state index in [4.69, 9.17) is 4.42 Å². The van der Waals surface area contributed by atoms with Crippen molar-refractivity contribution < 1.29 is 4.42 Å². The average Bonchev–Trinajstić information content (AvgIpc) is 3.05. The summed E-state index contributed by atoms with van der Waals surface area (Å²) in [6, 6.07) is 10.4. The van der Waals surface area contributed by atoms with E-state index in [1.807, 2.05) is 28.9 Å². The molecule has 0 bridgehead atoms. The Labute approximate surface area is 117 Å². The lowest BCUT2D eigenvalue weighted by molar-refractivity contribution is 0.477. The first-order valence-corrected chi connectivity index (χ1v) is 6.80. The summed E-state index contributed by atoms with van der Waals surface area (Å²) in [5.74, 6) is 0.890. The minimum Gasteiger partial charge on any atom is -0.467 e. The average molecular weight is 270 g/mol. The van der Waals surface area contributed by atoms with Gasteiger partial charge in [0.1, 0.15) is 17.8 Å². The smallest absolute Gasteiger partial charge is 0.125 e. The number of nitrogens with zero attached hydrogens (tertiary/aromatic N) is 3. The van der Waals surface area contributed by atoms with E-state index in [9.17, 15) is 0 Å². The fourth-order valence-corrected chi connectivity index (χ4v) is 2.11. The molecule has 0 aliphatic heterocycles. The van der Waals surface area contributed by atoms with Crippen molar-refractivity contribution in [2.24, 2.45) is 0 Å². The van der Waals surface area contributed by atoms with Crippen LogP contribution in [0.25, 0.3) is 11.0 Å². The van der Waals surface area contributed by atoms with Gasteiger partial charge in [0.15, 0.2) is 0 Å². The number of fused-ring (bicyclic) bond motifs is 1. The number of nitrogens with one attached hydrogen (secondary N) is 1. The third kappa shape index (κ3) is 2.72. The SMILES string of the molecule is CC(C)NCc1coc(Cn2nnc3ccccc32)c1. The van der Waals surface area contributed by atoms with Gasteiger partial charge in [-0.05, 0) is 18.2 Å². The quantitative estimate of drug-likeness (QED) is 0.774. The van der Waals surface area contributed by atoms with Gasteiger partial charge in [0.05, 0.1) is 11.8 Å². The number of hydrogen-bond acceptors (Lipinski definition) is 4. The Balaban J connectivity index is 1.74. The maximum atomic E-state index is 5.59. The molecule has 3 rings (SSSR count). The highest BCUT2D eigenvalue weighted by Gasteiger charge is 2.07. The topological polar surface area (TPSA) is 55.9 Å². The number of furan rings is 1. The molecule has 5 nitrogen and oxygen atoms in total. The molecule has 0 aliphatic rings. The number of para-hydroxylation sites is 1. The molecular weight excluding hydrogens is 252 g/mol. The summed E-state index contributed by atoms with van der Waals surface area (Å²) in [5.41, 5.74) is 3.07. The predicted octanol–water partition coefficient (Wildman–Crippen LogP) is 2.57. The molecule has 0 fully saturated rings. The van der Waals surface area contributed by atoms with Crippen molar-refractivity contribution in [2.75, 3.05) is 0 Å². The van der Waals surface area contributed by atoms with Gasteiger partial charge in [0.25, 0.3) is 0 Å². The monoisotopic (exact) mass is 270 g/mol. The van der Waals surface area contributed by atoms with Crippen LogP contribution in [0.4, 0.5) is 0 Å². The first-order valence-electron chi connectivity index (χ1n) is 6.80. The Kier molecular flexibility index (Phi) is 3.52. The van der Waals surface area contributed by atoms with Crippen LogP contribution in [0.1, 0.15) is 25.2 Å². The third-order valence-corrected chi connectivity index (χ3v) is 3.15. The summed E-state index contributed by atoms with van der Waals surface area (Å²) >= 11 is 0. The zero-order valence-corrected chi connectivity index (χ0v) is 11.7. The van der Waals surface area contributed by atoms with Crippen molar-refractivity contribution in [1.29, 1.82) is 0 Å². The van der Waals surface area contributed by atoms with Crippen LogP contribution in [0.2, 0.25) is 0 Å². The lowest BCUT2D eigenvalue weighted by Crippen LogP contribution is -2.21. The second kappa shape index (κ2) is 5.46. The highest BCUT2D eigenvalue weighted by molar-refractivity contribution is 5.73. The largest absolute Gasteiger partial charge is 0.467 e. The van der Waals surface area contributed by atoms with Gasteiger partial charge in [0, 0.05) is 18.2 Å². The van der Waals surface area contributed by atoms with Gasteiger partial charge in [-0.3, -0.25) is 0 Å². The maximum Gasteiger partial charge on any atom is 0.125 e. The van der Waals surface area contributed by atoms with Crippen molar-refractivity contribution >= 4 is 11.0 Å². The van der Waals surface area contributed by atoms with E-state index in [2.05, 4.69) is 35.5 Å². The second-order valence-electron chi connectivity index (χ2n) is 5.19. The van der Waals surface area contributed by atoms with Crippen molar-refractivity contribution in [3.05, 3.63) is 47.9 Å². The summed E-state index contributed by atoms with van der Waals surface area (Å²) in [6.07, 6.45) is 1.80. The molecule has 0 amide bonds. The van der Waals surface area contributed by atoms with Gasteiger partial charge in [-0.15, -0.1) is 5.10 Å². The first-order chi connectivity index (χ1) is 9.72. The summed E-state index contributed by atoms with van der Waals surface area (Å²) in [7, 11) is 0. The molecule has 0 spiro atoms. The number of rotatable bonds is 5. The van der Waals surface area contributed by atoms with Crippen LogP contribution < -0.4 is 5.32 Å². The number of aromatic nitrogens is 3. The third-order valence-electron chi connectivity index (χ3n) is 3.15. The van der Waals surface area contributed by atoms with E-state index >= 15 is 0 Å². The van der Waals surface area contributed by atoms with Crippen LogP contribution in [0.5, 0.6) is 0 Å². The van der Waals surface area contributed by atoms with Crippen LogP contribution in [0.3, 0.4) is 0 Å². The zero-order valence-electron chi connectivity index (χ0n) is 11.7. The normalized spacial score (nSPS) is 11.6. The van der Waals surface area contributed by atoms with E-state index in [1.54, 1.807) is 6.26 Å². The predicted molar refractivity (Wildman–Crippen MR) is 77.3 cm³/mol. The highest BCUT2D eigenvalue weighted by atomic mass is 16.3. The molecule has 5 heteroatoms. The van der Waals surface area contributed by atoms with E-state index < -0.39 is 0 Å². The molecule has 104 valence electrons. The Morgan fingerprint density at radius 3 is 3.00 bits per heavy atom. The fraction of sp³-hybridized carbons (Fsp3) is 0.333. The van der Waals surface area contributed by atoms with Crippen molar-refractivity contribution in [2.45, 2.75) is 33.0 Å². The molecule has 0 saturated carbocycles. The van der Waals surface area contributed by atoms with E-state index in [-0.39, 0.29) is 0 Å². The lowest BCUT2D eigenvalue weighted by atomic mass is 10.2. The Bertz CT molecular complexity index is 699. The number of benzene rings is 1. The Hall–Kier alpha value is -2.14. The molecule has 3 aromatic rings. The maximum absolute atomic E-state index is 5.59. The van der Waals surface area contributed by atoms with Crippen LogP contribution in [0, 0.1) is 0 Å². The van der Waals surface area contributed by atoms with Crippen molar-refractivity contribution in [1.82, 2.24) is 20.3 Å². The highest BCUT2D eigenvalue weighted by Crippen LogP contribution is 2.14. The molecule has 0 unspecified atom stereocenters. The van der Waals surface area contributed by atoms with Gasteiger partial charge >= 0.3 is 0 Å². The number of hydrogen-bond donors (Lipinski definition) is 1. The van der Waals surface area contributed by atoms with Gasteiger partial charge in [0.2, 0.25) is 0 Å². The van der Waals surface area contributed by atoms with Crippen LogP contribution in [0.15, 0.2) is 41.0 Å². The van der Waals surface area contributed by atoms with Gasteiger partial charge < -0.3 is 9.73 Å². The Morgan fingerprint density at radius 1 is 1.30 bits per heavy atom. The Morgan fingerprint density at radius 2 is 2.15 bits per heavy atom. The fourth-order valence-electron chi connectivity index (χ4n) is 2.11. The summed E-state index contributed by atoms with van der Waals surface area (Å²) in [4.78, 5) is 0. The molecule has 2 aromatic heterocycles. The van der Waals surface area contributed by atoms with E-state index in [0.717, 1.165) is 28.9 Å². The lowest BCUT2D eigenvalue weighted by Gasteiger charge is -2.04. The molecule has 0 radical (unpaired) electrons. The standard InChI is InChI=1S/C15H18N4O/c1-11(2)16-8-12-7-13(20-10-12)9-19-15-6-4-3-5-14(15)17-18-19/h3-7,10-11,16H,8-9H2,1-2H3. The second-order valence-corrected chi connectivity index (χ2v) is 5.19. The summed E-state index contributed by atoms with van der Waals surface area (Å²) in [5, 5.41) is 11.7. The zero-order chi connectivity index (χ0) is 13.9. The molecule has 2 heterocycles. The minimum absolute atomic E-state index is 0.465. The minimum atomic E-state index is 0.465. The first kappa shape index (κ1) is 12.9. The molecule has 1 aromatic carbocycles. The van der Waals surface area contributed by atoms with Crippen LogP contribution in [-0.4, -0.2) is 21.0 Å². The van der Waals surface area contributed by atoms with Crippen LogP contribution >= 0.6 is 0 Å². The van der Waals surface area contributed by atoms with Gasteiger partial charge in [-0.1, -0.05) is 31.2 Å². The molecule has 1 N–H and O–H groups in total. The van der Waals surface area contributed by atoms with Crippen LogP contribution in [-0.2, 0) is 13.1 Å². The molecule has 0 atom stereocenters. The van der Waals surface area contributed by atoms with E-state index in [1.165, 1.54) is 0 Å². The molecular formula is C15H18N4O. The van der Waals surface area contributed by atoms with Gasteiger partial charge in [-0.25, -0.2) is 4.68 Å².